The number of carbonyl (C=O) groups excluding carboxylic acids is 2. The number of rotatable bonds is 4. The van der Waals surface area contributed by atoms with Crippen LogP contribution in [0.25, 0.3) is 0 Å². The van der Waals surface area contributed by atoms with Crippen molar-refractivity contribution in [2.75, 3.05) is 24.7 Å². The normalized spacial score (nSPS) is 24.7. The monoisotopic (exact) mass is 326 g/mol. The summed E-state index contributed by atoms with van der Waals surface area (Å²) in [5.41, 5.74) is -0.683. The molecule has 1 spiro atoms. The van der Waals surface area contributed by atoms with E-state index in [4.69, 9.17) is 16.3 Å². The zero-order chi connectivity index (χ0) is 14.9. The van der Waals surface area contributed by atoms with Gasteiger partial charge in [0.25, 0.3) is 5.91 Å². The van der Waals surface area contributed by atoms with Crippen molar-refractivity contribution in [2.45, 2.75) is 12.0 Å². The van der Waals surface area contributed by atoms with Crippen LogP contribution in [0.1, 0.15) is 6.42 Å². The Labute approximate surface area is 132 Å². The third kappa shape index (κ3) is 2.82. The SMILES string of the molecule is O=C1NC2(CCSC2)C(=O)N1CCOc1cccc(Cl)c1. The lowest BCUT2D eigenvalue weighted by Gasteiger charge is -2.19. The Bertz CT molecular complexity index is 575. The summed E-state index contributed by atoms with van der Waals surface area (Å²) in [6.45, 7) is 0.492. The minimum absolute atomic E-state index is 0.132. The molecule has 0 aromatic heterocycles. The van der Waals surface area contributed by atoms with Crippen molar-refractivity contribution >= 4 is 35.3 Å². The van der Waals surface area contributed by atoms with Crippen LogP contribution in [-0.4, -0.2) is 47.0 Å². The fraction of sp³-hybridized carbons (Fsp3) is 0.429. The van der Waals surface area contributed by atoms with E-state index < -0.39 is 5.54 Å². The first-order chi connectivity index (χ1) is 10.1. The molecule has 5 nitrogen and oxygen atoms in total. The van der Waals surface area contributed by atoms with Crippen LogP contribution in [-0.2, 0) is 4.79 Å². The van der Waals surface area contributed by atoms with Crippen molar-refractivity contribution in [2.24, 2.45) is 0 Å². The molecule has 3 rings (SSSR count). The highest BCUT2D eigenvalue weighted by Gasteiger charge is 2.52. The molecule has 1 aromatic rings. The topological polar surface area (TPSA) is 58.6 Å². The maximum Gasteiger partial charge on any atom is 0.325 e. The van der Waals surface area contributed by atoms with Crippen LogP contribution in [0.4, 0.5) is 4.79 Å². The van der Waals surface area contributed by atoms with Gasteiger partial charge in [-0.15, -0.1) is 0 Å². The molecule has 2 saturated heterocycles. The summed E-state index contributed by atoms with van der Waals surface area (Å²) < 4.78 is 5.53. The predicted molar refractivity (Wildman–Crippen MR) is 81.9 cm³/mol. The highest BCUT2D eigenvalue weighted by Crippen LogP contribution is 2.33. The second kappa shape index (κ2) is 5.77. The molecule has 0 radical (unpaired) electrons. The Morgan fingerprint density at radius 3 is 3.00 bits per heavy atom. The van der Waals surface area contributed by atoms with Gasteiger partial charge in [0.1, 0.15) is 17.9 Å². The molecule has 1 aromatic carbocycles. The summed E-state index contributed by atoms with van der Waals surface area (Å²) >= 11 is 7.56. The Morgan fingerprint density at radius 1 is 1.43 bits per heavy atom. The Balaban J connectivity index is 1.58. The highest BCUT2D eigenvalue weighted by atomic mass is 35.5. The van der Waals surface area contributed by atoms with Crippen LogP contribution < -0.4 is 10.1 Å². The minimum Gasteiger partial charge on any atom is -0.492 e. The Kier molecular flexibility index (Phi) is 3.99. The number of carbonyl (C=O) groups is 2. The molecule has 0 bridgehead atoms. The molecule has 2 heterocycles. The highest BCUT2D eigenvalue weighted by molar-refractivity contribution is 7.99. The number of thioether (sulfide) groups is 1. The third-order valence-electron chi connectivity index (χ3n) is 3.65. The Morgan fingerprint density at radius 2 is 2.29 bits per heavy atom. The number of nitrogens with zero attached hydrogens (tertiary/aromatic N) is 1. The third-order valence-corrected chi connectivity index (χ3v) is 5.07. The van der Waals surface area contributed by atoms with Gasteiger partial charge in [0.2, 0.25) is 0 Å². The molecule has 3 amide bonds. The first kappa shape index (κ1) is 14.5. The smallest absolute Gasteiger partial charge is 0.325 e. The van der Waals surface area contributed by atoms with Crippen LogP contribution >= 0.6 is 23.4 Å². The number of nitrogens with one attached hydrogen (secondary N) is 1. The molecule has 112 valence electrons. The number of benzene rings is 1. The molecule has 0 aliphatic carbocycles. The lowest BCUT2D eigenvalue weighted by atomic mass is 9.99. The number of amides is 3. The first-order valence-electron chi connectivity index (χ1n) is 6.71. The van der Waals surface area contributed by atoms with Gasteiger partial charge in [-0.2, -0.15) is 11.8 Å². The fourth-order valence-corrected chi connectivity index (χ4v) is 4.03. The van der Waals surface area contributed by atoms with Crippen LogP contribution in [0.2, 0.25) is 5.02 Å². The van der Waals surface area contributed by atoms with E-state index in [-0.39, 0.29) is 25.1 Å². The van der Waals surface area contributed by atoms with E-state index in [0.29, 0.717) is 22.9 Å². The van der Waals surface area contributed by atoms with Gasteiger partial charge in [-0.1, -0.05) is 17.7 Å². The van der Waals surface area contributed by atoms with Crippen molar-refractivity contribution < 1.29 is 14.3 Å². The van der Waals surface area contributed by atoms with Gasteiger partial charge in [-0.25, -0.2) is 4.79 Å². The van der Waals surface area contributed by atoms with E-state index in [2.05, 4.69) is 5.32 Å². The van der Waals surface area contributed by atoms with Gasteiger partial charge in [0.05, 0.1) is 6.54 Å². The molecule has 1 N–H and O–H groups in total. The van der Waals surface area contributed by atoms with E-state index in [0.717, 1.165) is 5.75 Å². The van der Waals surface area contributed by atoms with E-state index in [1.165, 1.54) is 4.90 Å². The summed E-state index contributed by atoms with van der Waals surface area (Å²) in [5.74, 6) is 2.05. The van der Waals surface area contributed by atoms with Crippen LogP contribution in [0.15, 0.2) is 24.3 Å². The van der Waals surface area contributed by atoms with E-state index in [9.17, 15) is 9.59 Å². The molecule has 0 saturated carbocycles. The van der Waals surface area contributed by atoms with Crippen molar-refractivity contribution in [3.05, 3.63) is 29.3 Å². The lowest BCUT2D eigenvalue weighted by Crippen LogP contribution is -2.47. The minimum atomic E-state index is -0.683. The number of halogens is 1. The average Bonchev–Trinajstić information content (AvgIpc) is 3.00. The maximum atomic E-state index is 12.4. The molecule has 1 unspecified atom stereocenters. The maximum absolute atomic E-state index is 12.4. The number of hydrogen-bond acceptors (Lipinski definition) is 4. The summed E-state index contributed by atoms with van der Waals surface area (Å²) in [6.07, 6.45) is 0.702. The van der Waals surface area contributed by atoms with Gasteiger partial charge in [-0.3, -0.25) is 9.69 Å². The summed E-state index contributed by atoms with van der Waals surface area (Å²) in [5, 5.41) is 3.41. The summed E-state index contributed by atoms with van der Waals surface area (Å²) in [6, 6.07) is 6.70. The largest absolute Gasteiger partial charge is 0.492 e. The molecule has 21 heavy (non-hydrogen) atoms. The molecule has 2 aliphatic heterocycles. The van der Waals surface area contributed by atoms with Gasteiger partial charge < -0.3 is 10.1 Å². The molecule has 2 fully saturated rings. The zero-order valence-corrected chi connectivity index (χ0v) is 12.9. The molecular formula is C14H15ClN2O3S. The summed E-state index contributed by atoms with van der Waals surface area (Å²) in [4.78, 5) is 25.6. The van der Waals surface area contributed by atoms with Crippen molar-refractivity contribution in [1.82, 2.24) is 10.2 Å². The second-order valence-electron chi connectivity index (χ2n) is 5.08. The predicted octanol–water partition coefficient (Wildman–Crippen LogP) is 2.15. The van der Waals surface area contributed by atoms with Gasteiger partial charge in [-0.05, 0) is 30.4 Å². The molecule has 2 aliphatic rings. The lowest BCUT2D eigenvalue weighted by molar-refractivity contribution is -0.130. The molecular weight excluding hydrogens is 312 g/mol. The van der Waals surface area contributed by atoms with Crippen LogP contribution in [0.5, 0.6) is 5.75 Å². The standard InChI is InChI=1S/C14H15ClN2O3S/c15-10-2-1-3-11(8-10)20-6-5-17-12(18)14(16-13(17)19)4-7-21-9-14/h1-3,8H,4-7,9H2,(H,16,19). The van der Waals surface area contributed by atoms with Gasteiger partial charge >= 0.3 is 6.03 Å². The van der Waals surface area contributed by atoms with Crippen molar-refractivity contribution in [3.8, 4) is 5.75 Å². The summed E-state index contributed by atoms with van der Waals surface area (Å²) in [7, 11) is 0. The van der Waals surface area contributed by atoms with Crippen molar-refractivity contribution in [3.63, 3.8) is 0 Å². The number of urea groups is 1. The number of imide groups is 1. The molecule has 1 atom stereocenters. The van der Waals surface area contributed by atoms with Crippen molar-refractivity contribution in [1.29, 1.82) is 0 Å². The number of hydrogen-bond donors (Lipinski definition) is 1. The Hall–Kier alpha value is -1.40. The van der Waals surface area contributed by atoms with E-state index >= 15 is 0 Å². The van der Waals surface area contributed by atoms with E-state index in [1.54, 1.807) is 36.0 Å². The van der Waals surface area contributed by atoms with Crippen LogP contribution in [0.3, 0.4) is 0 Å². The van der Waals surface area contributed by atoms with Crippen LogP contribution in [0, 0.1) is 0 Å². The second-order valence-corrected chi connectivity index (χ2v) is 6.62. The molecule has 7 heteroatoms. The van der Waals surface area contributed by atoms with Gasteiger partial charge in [0, 0.05) is 10.8 Å². The van der Waals surface area contributed by atoms with E-state index in [1.807, 2.05) is 0 Å². The zero-order valence-electron chi connectivity index (χ0n) is 11.3. The first-order valence-corrected chi connectivity index (χ1v) is 8.24. The number of ether oxygens (including phenoxy) is 1. The van der Waals surface area contributed by atoms with Gasteiger partial charge in [0.15, 0.2) is 0 Å². The quantitative estimate of drug-likeness (QED) is 0.861. The fourth-order valence-electron chi connectivity index (χ4n) is 2.52. The average molecular weight is 327 g/mol.